The molecule has 0 saturated carbocycles. The van der Waals surface area contributed by atoms with Gasteiger partial charge in [-0.05, 0) is 12.8 Å². The summed E-state index contributed by atoms with van der Waals surface area (Å²) in [7, 11) is 0. The van der Waals surface area contributed by atoms with E-state index < -0.39 is 17.9 Å². The fourth-order valence-electron chi connectivity index (χ4n) is 1.61. The molecule has 100 valence electrons. The minimum absolute atomic E-state index is 0.0793. The first-order chi connectivity index (χ1) is 8.15. The second kappa shape index (κ2) is 10.0. The molecule has 0 spiro atoms. The molecule has 0 aliphatic heterocycles. The first-order valence-electron chi connectivity index (χ1n) is 5.85. The van der Waals surface area contributed by atoms with Crippen molar-refractivity contribution in [2.24, 2.45) is 5.92 Å². The van der Waals surface area contributed by atoms with Crippen molar-refractivity contribution in [2.75, 3.05) is 0 Å². The highest BCUT2D eigenvalue weighted by molar-refractivity contribution is 5.73. The van der Waals surface area contributed by atoms with Gasteiger partial charge in [-0.25, -0.2) is 9.59 Å². The summed E-state index contributed by atoms with van der Waals surface area (Å²) >= 11 is 0. The van der Waals surface area contributed by atoms with Crippen molar-refractivity contribution >= 4 is 11.9 Å². The van der Waals surface area contributed by atoms with Gasteiger partial charge in [-0.3, -0.25) is 0 Å². The van der Waals surface area contributed by atoms with Crippen LogP contribution in [-0.2, 0) is 19.4 Å². The van der Waals surface area contributed by atoms with E-state index in [9.17, 15) is 9.59 Å². The van der Waals surface area contributed by atoms with Crippen LogP contribution in [0.15, 0.2) is 0 Å². The lowest BCUT2D eigenvalue weighted by Gasteiger charge is -2.11. The molecular weight excluding hydrogens is 228 g/mol. The van der Waals surface area contributed by atoms with Crippen LogP contribution in [0.3, 0.4) is 0 Å². The zero-order chi connectivity index (χ0) is 13.1. The summed E-state index contributed by atoms with van der Waals surface area (Å²) in [4.78, 5) is 29.1. The van der Waals surface area contributed by atoms with Gasteiger partial charge in [0.25, 0.3) is 0 Å². The molecule has 0 radical (unpaired) electrons. The fourth-order valence-corrected chi connectivity index (χ4v) is 1.61. The molecule has 0 rings (SSSR count). The molecule has 2 N–H and O–H groups in total. The van der Waals surface area contributed by atoms with Crippen LogP contribution in [0.1, 0.15) is 51.9 Å². The molecule has 0 aromatic carbocycles. The highest BCUT2D eigenvalue weighted by Crippen LogP contribution is 2.18. The van der Waals surface area contributed by atoms with Crippen LogP contribution in [0.25, 0.3) is 0 Å². The van der Waals surface area contributed by atoms with E-state index in [2.05, 4.69) is 16.7 Å². The molecule has 0 saturated heterocycles. The molecule has 0 aliphatic rings. The second-order valence-electron chi connectivity index (χ2n) is 3.96. The van der Waals surface area contributed by atoms with Crippen LogP contribution in [0.4, 0.5) is 0 Å². The Labute approximate surface area is 100 Å². The number of carbonyl (C=O) groups excluding carboxylic acids is 2. The maximum Gasteiger partial charge on any atom is 0.345 e. The van der Waals surface area contributed by atoms with Crippen LogP contribution in [0.5, 0.6) is 0 Å². The van der Waals surface area contributed by atoms with Crippen molar-refractivity contribution in [3.05, 3.63) is 0 Å². The second-order valence-corrected chi connectivity index (χ2v) is 3.96. The van der Waals surface area contributed by atoms with Gasteiger partial charge in [0.1, 0.15) is 0 Å². The van der Waals surface area contributed by atoms with Crippen molar-refractivity contribution in [3.63, 3.8) is 0 Å². The lowest BCUT2D eigenvalue weighted by molar-refractivity contribution is -0.241. The Morgan fingerprint density at radius 3 is 2.29 bits per heavy atom. The van der Waals surface area contributed by atoms with Crippen LogP contribution in [0, 0.1) is 5.92 Å². The minimum Gasteiger partial charge on any atom is -0.301 e. The lowest BCUT2D eigenvalue weighted by atomic mass is 9.96. The predicted molar refractivity (Wildman–Crippen MR) is 58.9 cm³/mol. The third-order valence-electron chi connectivity index (χ3n) is 2.63. The topological polar surface area (TPSA) is 93.1 Å². The Bertz CT molecular complexity index is 228. The number of rotatable bonds is 9. The molecule has 0 unspecified atom stereocenters. The van der Waals surface area contributed by atoms with Crippen LogP contribution in [-0.4, -0.2) is 22.5 Å². The molecule has 6 nitrogen and oxygen atoms in total. The van der Waals surface area contributed by atoms with Crippen molar-refractivity contribution in [2.45, 2.75) is 51.9 Å². The van der Waals surface area contributed by atoms with E-state index in [0.717, 1.165) is 25.7 Å². The molecule has 17 heavy (non-hydrogen) atoms. The van der Waals surface area contributed by atoms with Gasteiger partial charge in [0.2, 0.25) is 0 Å². The molecule has 0 heterocycles. The molecule has 0 fully saturated rings. The standard InChI is InChI=1S/C11H20O6/c1-2-3-4-5-6-9(11(13)17-15)7-8-10(12)16-14/h9,14-15H,2-8H2,1H3/t9-/m0/s1. The Morgan fingerprint density at radius 2 is 1.76 bits per heavy atom. The highest BCUT2D eigenvalue weighted by atomic mass is 17.1. The highest BCUT2D eigenvalue weighted by Gasteiger charge is 2.21. The van der Waals surface area contributed by atoms with Crippen molar-refractivity contribution in [1.29, 1.82) is 0 Å². The number of unbranched alkanes of at least 4 members (excludes halogenated alkanes) is 3. The normalized spacial score (nSPS) is 11.9. The molecule has 1 atom stereocenters. The minimum atomic E-state index is -0.797. The van der Waals surface area contributed by atoms with Crippen molar-refractivity contribution in [1.82, 2.24) is 0 Å². The van der Waals surface area contributed by atoms with E-state index in [1.54, 1.807) is 0 Å². The fraction of sp³-hybridized carbons (Fsp3) is 0.818. The predicted octanol–water partition coefficient (Wildman–Crippen LogP) is 2.39. The third-order valence-corrected chi connectivity index (χ3v) is 2.63. The van der Waals surface area contributed by atoms with Gasteiger partial charge >= 0.3 is 11.9 Å². The van der Waals surface area contributed by atoms with Gasteiger partial charge in [0, 0.05) is 6.42 Å². The van der Waals surface area contributed by atoms with Crippen molar-refractivity contribution < 1.29 is 29.9 Å². The maximum atomic E-state index is 11.2. The lowest BCUT2D eigenvalue weighted by Crippen LogP contribution is -2.18. The third kappa shape index (κ3) is 7.70. The SMILES string of the molecule is CCCCCC[C@@H](CCC(=O)OO)C(=O)OO. The summed E-state index contributed by atoms with van der Waals surface area (Å²) in [5.74, 6) is -2.07. The Balaban J connectivity index is 3.97. The number of hydrogen-bond donors (Lipinski definition) is 2. The molecule has 6 heteroatoms. The Hall–Kier alpha value is -1.14. The van der Waals surface area contributed by atoms with E-state index in [1.165, 1.54) is 0 Å². The molecule has 0 aromatic rings. The van der Waals surface area contributed by atoms with E-state index in [-0.39, 0.29) is 12.8 Å². The monoisotopic (exact) mass is 248 g/mol. The quantitative estimate of drug-likeness (QED) is 0.369. The Morgan fingerprint density at radius 1 is 1.06 bits per heavy atom. The summed E-state index contributed by atoms with van der Waals surface area (Å²) in [5.41, 5.74) is 0. The van der Waals surface area contributed by atoms with E-state index in [4.69, 9.17) is 10.5 Å². The average Bonchev–Trinajstić information content (AvgIpc) is 2.36. The summed E-state index contributed by atoms with van der Waals surface area (Å²) < 4.78 is 0. The van der Waals surface area contributed by atoms with Crippen LogP contribution < -0.4 is 0 Å². The van der Waals surface area contributed by atoms with E-state index in [1.807, 2.05) is 0 Å². The molecular formula is C11H20O6. The first-order valence-corrected chi connectivity index (χ1v) is 5.85. The van der Waals surface area contributed by atoms with Crippen LogP contribution in [0.2, 0.25) is 0 Å². The van der Waals surface area contributed by atoms with Gasteiger partial charge in [-0.15, -0.1) is 0 Å². The van der Waals surface area contributed by atoms with Crippen LogP contribution >= 0.6 is 0 Å². The summed E-state index contributed by atoms with van der Waals surface area (Å²) in [6.45, 7) is 2.08. The van der Waals surface area contributed by atoms with Gasteiger partial charge < -0.3 is 9.78 Å². The molecule has 0 aromatic heterocycles. The van der Waals surface area contributed by atoms with Gasteiger partial charge in [-0.1, -0.05) is 32.6 Å². The molecule has 0 aliphatic carbocycles. The molecule has 0 amide bonds. The first kappa shape index (κ1) is 15.9. The summed E-state index contributed by atoms with van der Waals surface area (Å²) in [5, 5.41) is 16.4. The average molecular weight is 248 g/mol. The zero-order valence-corrected chi connectivity index (χ0v) is 10.1. The summed E-state index contributed by atoms with van der Waals surface area (Å²) in [6.07, 6.45) is 4.68. The zero-order valence-electron chi connectivity index (χ0n) is 10.1. The largest absolute Gasteiger partial charge is 0.345 e. The molecule has 0 bridgehead atoms. The van der Waals surface area contributed by atoms with E-state index >= 15 is 0 Å². The Kier molecular flexibility index (Phi) is 9.37. The van der Waals surface area contributed by atoms with Gasteiger partial charge in [-0.2, -0.15) is 10.5 Å². The van der Waals surface area contributed by atoms with Gasteiger partial charge in [0.05, 0.1) is 5.92 Å². The maximum absolute atomic E-state index is 11.2. The smallest absolute Gasteiger partial charge is 0.301 e. The van der Waals surface area contributed by atoms with Crippen molar-refractivity contribution in [3.8, 4) is 0 Å². The van der Waals surface area contributed by atoms with Gasteiger partial charge in [0.15, 0.2) is 0 Å². The number of hydrogen-bond acceptors (Lipinski definition) is 6. The summed E-state index contributed by atoms with van der Waals surface area (Å²) in [6, 6.07) is 0. The number of carbonyl (C=O) groups is 2. The van der Waals surface area contributed by atoms with E-state index in [0.29, 0.717) is 6.42 Å².